The van der Waals surface area contributed by atoms with Gasteiger partial charge in [0.1, 0.15) is 19.8 Å². The van der Waals surface area contributed by atoms with Crippen molar-refractivity contribution in [1.82, 2.24) is 0 Å². The summed E-state index contributed by atoms with van der Waals surface area (Å²) in [6.07, 6.45) is 77.3. The molecule has 0 aliphatic carbocycles. The normalized spacial score (nSPS) is 13.2. The Bertz CT molecular complexity index is 1400. The van der Waals surface area contributed by atoms with Gasteiger partial charge in [0.15, 0.2) is 6.10 Å². The predicted molar refractivity (Wildman–Crippen MR) is 342 cm³/mol. The molecule has 0 fully saturated rings. The standard InChI is InChI=1S/C70H136NO8P/c1-6-8-10-12-14-16-18-20-22-23-24-25-26-27-28-29-30-31-32-33-34-35-36-37-38-39-40-41-42-43-44-45-46-47-49-50-52-54-56-58-60-62-69(72)76-66-68(67-78-80(74,75)77-65-64-71(3,4)5)79-70(73)63-61-59-57-55-53-51-48-21-19-17-15-13-11-9-7-2/h15,17,21,48,68H,6-14,16,18-20,22-47,49-67H2,1-5H3/b17-15-,48-21-. The fourth-order valence-electron chi connectivity index (χ4n) is 10.6. The van der Waals surface area contributed by atoms with Crippen LogP contribution in [0.25, 0.3) is 0 Å². The van der Waals surface area contributed by atoms with E-state index in [-0.39, 0.29) is 32.0 Å². The largest absolute Gasteiger partial charge is 0.756 e. The van der Waals surface area contributed by atoms with E-state index in [1.54, 1.807) is 0 Å². The quantitative estimate of drug-likeness (QED) is 0.0195. The van der Waals surface area contributed by atoms with Gasteiger partial charge in [-0.1, -0.05) is 327 Å². The summed E-state index contributed by atoms with van der Waals surface area (Å²) in [5.41, 5.74) is 0. The minimum absolute atomic E-state index is 0.0314. The maximum absolute atomic E-state index is 12.8. The van der Waals surface area contributed by atoms with E-state index in [0.29, 0.717) is 17.4 Å². The number of carbonyl (C=O) groups excluding carboxylic acids is 2. The van der Waals surface area contributed by atoms with Gasteiger partial charge in [0.2, 0.25) is 0 Å². The Labute approximate surface area is 498 Å². The number of phosphoric acid groups is 1. The van der Waals surface area contributed by atoms with Crippen molar-refractivity contribution in [2.45, 2.75) is 367 Å². The van der Waals surface area contributed by atoms with Crippen LogP contribution < -0.4 is 4.89 Å². The van der Waals surface area contributed by atoms with E-state index >= 15 is 0 Å². The van der Waals surface area contributed by atoms with Crippen LogP contribution in [0, 0.1) is 0 Å². The molecule has 474 valence electrons. The van der Waals surface area contributed by atoms with E-state index in [9.17, 15) is 19.0 Å². The Morgan fingerprint density at radius 2 is 0.675 bits per heavy atom. The van der Waals surface area contributed by atoms with Crippen LogP contribution >= 0.6 is 7.82 Å². The minimum Gasteiger partial charge on any atom is -0.756 e. The molecule has 0 aromatic heterocycles. The first-order valence-electron chi connectivity index (χ1n) is 35.0. The molecule has 10 heteroatoms. The highest BCUT2D eigenvalue weighted by Crippen LogP contribution is 2.38. The molecular formula is C70H136NO8P. The third-order valence-corrected chi connectivity index (χ3v) is 16.9. The van der Waals surface area contributed by atoms with Gasteiger partial charge in [0.05, 0.1) is 27.7 Å². The lowest BCUT2D eigenvalue weighted by Crippen LogP contribution is -2.37. The average Bonchev–Trinajstić information content (AvgIpc) is 3.42. The second-order valence-corrected chi connectivity index (χ2v) is 26.7. The number of hydrogen-bond acceptors (Lipinski definition) is 8. The van der Waals surface area contributed by atoms with Gasteiger partial charge in [-0.3, -0.25) is 14.2 Å². The van der Waals surface area contributed by atoms with Crippen LogP contribution in [0.1, 0.15) is 361 Å². The number of hydrogen-bond donors (Lipinski definition) is 0. The summed E-state index contributed by atoms with van der Waals surface area (Å²) in [4.78, 5) is 37.9. The highest BCUT2D eigenvalue weighted by atomic mass is 31.2. The molecule has 2 unspecified atom stereocenters. The van der Waals surface area contributed by atoms with Crippen LogP contribution in [0.5, 0.6) is 0 Å². The van der Waals surface area contributed by atoms with E-state index in [4.69, 9.17) is 18.5 Å². The van der Waals surface area contributed by atoms with Crippen molar-refractivity contribution >= 4 is 19.8 Å². The first kappa shape index (κ1) is 78.5. The fourth-order valence-corrected chi connectivity index (χ4v) is 11.3. The van der Waals surface area contributed by atoms with Gasteiger partial charge < -0.3 is 27.9 Å². The maximum atomic E-state index is 12.8. The van der Waals surface area contributed by atoms with Crippen molar-refractivity contribution < 1.29 is 42.1 Å². The molecule has 0 rings (SSSR count). The van der Waals surface area contributed by atoms with Crippen LogP contribution in [0.3, 0.4) is 0 Å². The second-order valence-electron chi connectivity index (χ2n) is 25.3. The molecule has 0 N–H and O–H groups in total. The van der Waals surface area contributed by atoms with Gasteiger partial charge >= 0.3 is 11.9 Å². The Morgan fingerprint density at radius 3 is 1.01 bits per heavy atom. The number of phosphoric ester groups is 1. The molecule has 0 radical (unpaired) electrons. The summed E-state index contributed by atoms with van der Waals surface area (Å²) in [6.45, 7) is 4.25. The number of carbonyl (C=O) groups is 2. The third kappa shape index (κ3) is 65.6. The molecule has 0 spiro atoms. The monoisotopic (exact) mass is 1150 g/mol. The number of nitrogens with zero attached hydrogens (tertiary/aromatic N) is 1. The molecule has 0 aliphatic heterocycles. The van der Waals surface area contributed by atoms with E-state index in [0.717, 1.165) is 57.8 Å². The molecule has 0 aliphatic rings. The maximum Gasteiger partial charge on any atom is 0.306 e. The molecule has 0 amide bonds. The Balaban J connectivity index is 3.80. The number of likely N-dealkylation sites (N-methyl/N-ethyl adjacent to an activating group) is 1. The topological polar surface area (TPSA) is 111 Å². The molecule has 2 atom stereocenters. The highest BCUT2D eigenvalue weighted by Gasteiger charge is 2.22. The van der Waals surface area contributed by atoms with Crippen LogP contribution in [0.15, 0.2) is 24.3 Å². The molecule has 0 aromatic rings. The van der Waals surface area contributed by atoms with Crippen molar-refractivity contribution in [1.29, 1.82) is 0 Å². The first-order valence-corrected chi connectivity index (χ1v) is 36.5. The minimum atomic E-state index is -4.64. The van der Waals surface area contributed by atoms with Crippen LogP contribution in [-0.2, 0) is 32.7 Å². The van der Waals surface area contributed by atoms with Crippen molar-refractivity contribution in [2.24, 2.45) is 0 Å². The SMILES string of the molecule is CCCCC/C=C\C/C=C\CCCCCCCC(=O)OC(COC(=O)CCCCCCCCCCCCCCCCCCCCCCCCCCCCCCCCCCCCCCCCCCC)COP(=O)([O-])OCC[N+](C)(C)C. The molecule has 0 aromatic carbocycles. The third-order valence-electron chi connectivity index (χ3n) is 16.0. The lowest BCUT2D eigenvalue weighted by Gasteiger charge is -2.28. The predicted octanol–water partition coefficient (Wildman–Crippen LogP) is 21.9. The molecule has 0 saturated carbocycles. The van der Waals surface area contributed by atoms with E-state index in [2.05, 4.69) is 38.2 Å². The van der Waals surface area contributed by atoms with Gasteiger partial charge in [-0.25, -0.2) is 0 Å². The molecular weight excluding hydrogens is 1010 g/mol. The summed E-state index contributed by atoms with van der Waals surface area (Å²) in [6, 6.07) is 0. The number of quaternary nitrogens is 1. The lowest BCUT2D eigenvalue weighted by atomic mass is 10.0. The number of esters is 2. The molecule has 9 nitrogen and oxygen atoms in total. The first-order chi connectivity index (χ1) is 39.0. The van der Waals surface area contributed by atoms with Crippen molar-refractivity contribution in [3.8, 4) is 0 Å². The van der Waals surface area contributed by atoms with Crippen LogP contribution in [0.2, 0.25) is 0 Å². The van der Waals surface area contributed by atoms with Gasteiger partial charge in [-0.2, -0.15) is 0 Å². The smallest absolute Gasteiger partial charge is 0.306 e. The fraction of sp³-hybridized carbons (Fsp3) is 0.914. The van der Waals surface area contributed by atoms with Crippen LogP contribution in [0.4, 0.5) is 0 Å². The lowest BCUT2D eigenvalue weighted by molar-refractivity contribution is -0.870. The summed E-state index contributed by atoms with van der Waals surface area (Å²) in [5.74, 6) is -0.833. The zero-order valence-corrected chi connectivity index (χ0v) is 55.0. The summed E-state index contributed by atoms with van der Waals surface area (Å²) in [7, 11) is 1.17. The van der Waals surface area contributed by atoms with Crippen LogP contribution in [-0.4, -0.2) is 70.0 Å². The number of allylic oxidation sites excluding steroid dienone is 4. The summed E-state index contributed by atoms with van der Waals surface area (Å²) >= 11 is 0. The average molecular weight is 1150 g/mol. The Hall–Kier alpha value is -1.51. The highest BCUT2D eigenvalue weighted by molar-refractivity contribution is 7.45. The number of rotatable bonds is 66. The molecule has 0 saturated heterocycles. The Kier molecular flexibility index (Phi) is 60.9. The van der Waals surface area contributed by atoms with E-state index in [1.165, 1.54) is 270 Å². The van der Waals surface area contributed by atoms with Gasteiger partial charge in [-0.15, -0.1) is 0 Å². The van der Waals surface area contributed by atoms with Crippen molar-refractivity contribution in [3.63, 3.8) is 0 Å². The van der Waals surface area contributed by atoms with Crippen molar-refractivity contribution in [2.75, 3.05) is 47.5 Å². The van der Waals surface area contributed by atoms with E-state index in [1.807, 2.05) is 21.1 Å². The Morgan fingerprint density at radius 1 is 0.388 bits per heavy atom. The van der Waals surface area contributed by atoms with E-state index < -0.39 is 26.5 Å². The molecule has 0 bridgehead atoms. The summed E-state index contributed by atoms with van der Waals surface area (Å²) < 4.78 is 34.2. The summed E-state index contributed by atoms with van der Waals surface area (Å²) in [5, 5.41) is 0. The van der Waals surface area contributed by atoms with Gasteiger partial charge in [0, 0.05) is 12.8 Å². The zero-order valence-electron chi connectivity index (χ0n) is 54.1. The number of unbranched alkanes of at least 4 members (excludes halogenated alkanes) is 48. The van der Waals surface area contributed by atoms with Gasteiger partial charge in [0.25, 0.3) is 7.82 Å². The van der Waals surface area contributed by atoms with Gasteiger partial charge in [-0.05, 0) is 44.9 Å². The zero-order chi connectivity index (χ0) is 58.4. The molecule has 0 heterocycles. The second kappa shape index (κ2) is 62.0. The number of ether oxygens (including phenoxy) is 2. The van der Waals surface area contributed by atoms with Crippen molar-refractivity contribution in [3.05, 3.63) is 24.3 Å². The molecule has 80 heavy (non-hydrogen) atoms.